The Morgan fingerprint density at radius 3 is 2.02 bits per heavy atom. The molecule has 0 unspecified atom stereocenters. The molecule has 4 amide bonds. The lowest BCUT2D eigenvalue weighted by Gasteiger charge is -2.25. The molecule has 21 heteroatoms. The van der Waals surface area contributed by atoms with E-state index in [1.54, 1.807) is 52.9 Å². The monoisotopic (exact) mass is 894 g/mol. The number of primary amides is 2. The van der Waals surface area contributed by atoms with Gasteiger partial charge in [-0.2, -0.15) is 10.2 Å². The number of aliphatic hydroxyl groups excluding tert-OH is 1. The van der Waals surface area contributed by atoms with Crippen LogP contribution in [0.3, 0.4) is 0 Å². The van der Waals surface area contributed by atoms with Gasteiger partial charge in [-0.15, -0.1) is 0 Å². The molecule has 2 aromatic carbocycles. The molecule has 0 saturated carbocycles. The molecule has 7 rings (SSSR count). The minimum atomic E-state index is -0.658. The van der Waals surface area contributed by atoms with E-state index in [2.05, 4.69) is 31.0 Å². The van der Waals surface area contributed by atoms with Gasteiger partial charge in [0.15, 0.2) is 0 Å². The van der Waals surface area contributed by atoms with E-state index < -0.39 is 17.7 Å². The number of nitrogens with one attached hydrogen (secondary N) is 3. The summed E-state index contributed by atoms with van der Waals surface area (Å²) in [6.45, 7) is 11.6. The van der Waals surface area contributed by atoms with E-state index >= 15 is 0 Å². The van der Waals surface area contributed by atoms with Gasteiger partial charge in [-0.25, -0.2) is 9.97 Å². The van der Waals surface area contributed by atoms with E-state index in [-0.39, 0.29) is 42.2 Å². The standard InChI is InChI=1S/C44H58N14O7/c1-6-56-34(20-26(3)52-56)41(62)50-43-48-32-23-29(40(46)61)25-36(65-19-9-18-64-5)38(32)55(43)14-8-10-30-11-15-54(16-12-47-13-17-59)33-24-28(39(45)60)22-31-37(33)58(30)44(49-31)51-42(63)35-21-27(4)53-57(35)7-2/h20-25,30,47,59H,6-19H2,1-5H3,(H2,45,60)(H2,46,61)(H,48,50,62)(H,49,51,63)/t30-/m0/s1. The predicted molar refractivity (Wildman–Crippen MR) is 245 cm³/mol. The number of ether oxygens (including phenoxy) is 2. The number of anilines is 3. The average molecular weight is 895 g/mol. The number of hydrogen-bond donors (Lipinski definition) is 6. The van der Waals surface area contributed by atoms with Crippen LogP contribution in [0, 0.1) is 13.8 Å². The van der Waals surface area contributed by atoms with Crippen molar-refractivity contribution in [2.75, 3.05) is 68.6 Å². The Kier molecular flexibility index (Phi) is 14.4. The van der Waals surface area contributed by atoms with Crippen LogP contribution in [0.4, 0.5) is 17.6 Å². The van der Waals surface area contributed by atoms with Crippen molar-refractivity contribution < 1.29 is 33.8 Å². The third kappa shape index (κ3) is 9.96. The van der Waals surface area contributed by atoms with Gasteiger partial charge in [0.05, 0.1) is 46.8 Å². The molecular formula is C44H58N14O7. The van der Waals surface area contributed by atoms with E-state index in [1.807, 2.05) is 36.8 Å². The van der Waals surface area contributed by atoms with Crippen molar-refractivity contribution >= 4 is 63.3 Å². The quantitative estimate of drug-likeness (QED) is 0.0535. The van der Waals surface area contributed by atoms with Crippen LogP contribution in [0.15, 0.2) is 36.4 Å². The zero-order valence-electron chi connectivity index (χ0n) is 37.5. The molecule has 8 N–H and O–H groups in total. The van der Waals surface area contributed by atoms with Crippen molar-refractivity contribution in [2.45, 2.75) is 79.1 Å². The Morgan fingerprint density at radius 1 is 0.785 bits per heavy atom. The summed E-state index contributed by atoms with van der Waals surface area (Å²) in [4.78, 5) is 65.2. The third-order valence-electron chi connectivity index (χ3n) is 11.4. The highest BCUT2D eigenvalue weighted by Crippen LogP contribution is 2.40. The summed E-state index contributed by atoms with van der Waals surface area (Å²) >= 11 is 0. The number of fused-ring (bicyclic) bond motifs is 1. The van der Waals surface area contributed by atoms with E-state index in [4.69, 9.17) is 30.9 Å². The van der Waals surface area contributed by atoms with Crippen molar-refractivity contribution in [1.82, 2.24) is 44.0 Å². The summed E-state index contributed by atoms with van der Waals surface area (Å²) in [5.41, 5.74) is 17.2. The SMILES string of the molecule is CCn1nc(C)cc1C(=O)Nc1nc2cc(C(N)=O)cc(OCCCOC)c2n1CCC[C@H]1CCN(CCNCCO)c2cc(C(N)=O)cc3nc(NC(=O)c4cc(C)nn4CC)n1c23. The second kappa shape index (κ2) is 20.3. The van der Waals surface area contributed by atoms with Gasteiger partial charge < -0.3 is 45.4 Å². The number of nitrogens with two attached hydrogens (primary N) is 2. The van der Waals surface area contributed by atoms with Gasteiger partial charge in [-0.1, -0.05) is 0 Å². The largest absolute Gasteiger partial charge is 0.491 e. The first-order valence-corrected chi connectivity index (χ1v) is 21.9. The fourth-order valence-electron chi connectivity index (χ4n) is 8.45. The zero-order valence-corrected chi connectivity index (χ0v) is 37.5. The molecule has 5 heterocycles. The number of hydrogen-bond acceptors (Lipinski definition) is 13. The molecule has 0 fully saturated rings. The van der Waals surface area contributed by atoms with Crippen LogP contribution >= 0.6 is 0 Å². The van der Waals surface area contributed by atoms with Gasteiger partial charge >= 0.3 is 0 Å². The van der Waals surface area contributed by atoms with Crippen LogP contribution in [0.25, 0.3) is 22.1 Å². The van der Waals surface area contributed by atoms with E-state index in [9.17, 15) is 24.3 Å². The van der Waals surface area contributed by atoms with Crippen molar-refractivity contribution in [3.05, 3.63) is 70.3 Å². The Balaban J connectivity index is 1.29. The topological polar surface area (TPSA) is 270 Å². The molecule has 0 saturated heterocycles. The summed E-state index contributed by atoms with van der Waals surface area (Å²) in [6.07, 6.45) is 2.29. The van der Waals surface area contributed by atoms with Crippen molar-refractivity contribution in [3.63, 3.8) is 0 Å². The molecule has 6 aromatic rings. The van der Waals surface area contributed by atoms with Gasteiger partial charge in [0.25, 0.3) is 11.8 Å². The molecule has 346 valence electrons. The molecule has 65 heavy (non-hydrogen) atoms. The van der Waals surface area contributed by atoms with Gasteiger partial charge in [0.1, 0.15) is 22.7 Å². The lowest BCUT2D eigenvalue weighted by atomic mass is 10.1. The molecule has 1 atom stereocenters. The van der Waals surface area contributed by atoms with E-state index in [0.29, 0.717) is 129 Å². The molecular weight excluding hydrogens is 837 g/mol. The normalized spacial score (nSPS) is 13.7. The van der Waals surface area contributed by atoms with Crippen LogP contribution in [-0.4, -0.2) is 121 Å². The van der Waals surface area contributed by atoms with Crippen LogP contribution in [0.5, 0.6) is 5.75 Å². The number of rotatable bonds is 22. The molecule has 21 nitrogen and oxygen atoms in total. The summed E-state index contributed by atoms with van der Waals surface area (Å²) in [5, 5.41) is 27.7. The Labute approximate surface area is 375 Å². The van der Waals surface area contributed by atoms with Crippen LogP contribution in [0.2, 0.25) is 0 Å². The van der Waals surface area contributed by atoms with Gasteiger partial charge in [-0.3, -0.25) is 39.2 Å². The molecule has 1 aliphatic heterocycles. The Morgan fingerprint density at radius 2 is 1.40 bits per heavy atom. The first-order valence-electron chi connectivity index (χ1n) is 21.9. The van der Waals surface area contributed by atoms with Gasteiger partial charge in [0, 0.05) is 83.1 Å². The van der Waals surface area contributed by atoms with Crippen LogP contribution in [-0.2, 0) is 24.4 Å². The number of aromatic nitrogens is 8. The average Bonchev–Trinajstić information content (AvgIpc) is 4.03. The Hall–Kier alpha value is -6.84. The highest BCUT2D eigenvalue weighted by Gasteiger charge is 2.31. The summed E-state index contributed by atoms with van der Waals surface area (Å²) in [5.74, 6) is -1.16. The van der Waals surface area contributed by atoms with Crippen LogP contribution in [0.1, 0.15) is 98.7 Å². The number of imidazole rings is 2. The summed E-state index contributed by atoms with van der Waals surface area (Å²) < 4.78 is 18.7. The third-order valence-corrected chi connectivity index (χ3v) is 11.4. The minimum absolute atomic E-state index is 0.00968. The van der Waals surface area contributed by atoms with Crippen molar-refractivity contribution in [3.8, 4) is 5.75 Å². The zero-order chi connectivity index (χ0) is 46.4. The number of aryl methyl sites for hydroxylation is 5. The lowest BCUT2D eigenvalue weighted by Crippen LogP contribution is -2.34. The number of methoxy groups -OCH3 is 1. The van der Waals surface area contributed by atoms with Crippen LogP contribution < -0.4 is 37.1 Å². The fraction of sp³-hybridized carbons (Fsp3) is 0.455. The number of aliphatic hydroxyl groups is 1. The van der Waals surface area contributed by atoms with Gasteiger partial charge in [-0.05, 0) is 83.4 Å². The molecule has 0 spiro atoms. The number of benzene rings is 2. The van der Waals surface area contributed by atoms with E-state index in [1.165, 1.54) is 0 Å². The smallest absolute Gasteiger partial charge is 0.276 e. The minimum Gasteiger partial charge on any atom is -0.491 e. The number of amides is 4. The maximum Gasteiger partial charge on any atom is 0.276 e. The van der Waals surface area contributed by atoms with Crippen molar-refractivity contribution in [1.29, 1.82) is 0 Å². The second-order valence-corrected chi connectivity index (χ2v) is 15.9. The highest BCUT2D eigenvalue weighted by atomic mass is 16.5. The molecule has 0 aliphatic carbocycles. The first kappa shape index (κ1) is 46.2. The molecule has 1 aliphatic rings. The van der Waals surface area contributed by atoms with E-state index in [0.717, 1.165) is 11.2 Å². The molecule has 0 radical (unpaired) electrons. The first-order chi connectivity index (χ1) is 31.3. The number of carbonyl (C=O) groups is 4. The Bertz CT molecular complexity index is 2710. The van der Waals surface area contributed by atoms with Gasteiger partial charge in [0.2, 0.25) is 23.7 Å². The predicted octanol–water partition coefficient (Wildman–Crippen LogP) is 3.37. The van der Waals surface area contributed by atoms with Crippen molar-refractivity contribution in [2.24, 2.45) is 11.5 Å². The lowest BCUT2D eigenvalue weighted by molar-refractivity contribution is 0.0992. The number of carbonyl (C=O) groups excluding carboxylic acids is 4. The molecule has 0 bridgehead atoms. The number of nitrogens with zero attached hydrogens (tertiary/aromatic N) is 9. The highest BCUT2D eigenvalue weighted by molar-refractivity contribution is 6.06. The fourth-order valence-corrected chi connectivity index (χ4v) is 8.45. The summed E-state index contributed by atoms with van der Waals surface area (Å²) in [7, 11) is 1.61. The maximum atomic E-state index is 14.0. The maximum absolute atomic E-state index is 14.0. The second-order valence-electron chi connectivity index (χ2n) is 15.9. The molecule has 4 aromatic heterocycles. The summed E-state index contributed by atoms with van der Waals surface area (Å²) in [6, 6.07) is 9.79.